The van der Waals surface area contributed by atoms with E-state index in [1.54, 1.807) is 0 Å². The summed E-state index contributed by atoms with van der Waals surface area (Å²) in [6.45, 7) is 5.31. The molecule has 1 amide bonds. The molecule has 0 aliphatic heterocycles. The number of aryl methyl sites for hydroxylation is 2. The molecular weight excluding hydrogens is 264 g/mol. The highest BCUT2D eigenvalue weighted by atomic mass is 16.5. The lowest BCUT2D eigenvalue weighted by Gasteiger charge is -2.12. The van der Waals surface area contributed by atoms with Crippen LogP contribution in [0.2, 0.25) is 0 Å². The van der Waals surface area contributed by atoms with Crippen LogP contribution in [0.3, 0.4) is 0 Å². The Morgan fingerprint density at radius 2 is 2.14 bits per heavy atom. The maximum atomic E-state index is 11.7. The number of amides is 1. The lowest BCUT2D eigenvalue weighted by Crippen LogP contribution is -2.38. The fourth-order valence-corrected chi connectivity index (χ4v) is 2.24. The van der Waals surface area contributed by atoms with Crippen molar-refractivity contribution in [1.82, 2.24) is 5.32 Å². The quantitative estimate of drug-likeness (QED) is 0.722. The zero-order valence-electron chi connectivity index (χ0n) is 13.0. The van der Waals surface area contributed by atoms with Crippen molar-refractivity contribution in [2.24, 2.45) is 11.7 Å². The molecule has 1 fully saturated rings. The van der Waals surface area contributed by atoms with Gasteiger partial charge in [0.1, 0.15) is 5.75 Å². The van der Waals surface area contributed by atoms with E-state index in [2.05, 4.69) is 25.2 Å². The maximum Gasteiger partial charge on any atom is 0.220 e. The number of ether oxygens (including phenoxy) is 1. The van der Waals surface area contributed by atoms with E-state index in [4.69, 9.17) is 10.5 Å². The predicted octanol–water partition coefficient (Wildman–Crippen LogP) is 2.32. The standard InChI is InChI=1S/C17H26N2O2/c1-12-5-8-15(10-13(12)2)21-9-3-4-17(20)19-11-16(18)14-6-7-14/h5,8,10,14,16H,3-4,6-7,9,11,18H2,1-2H3,(H,19,20). The molecule has 1 unspecified atom stereocenters. The van der Waals surface area contributed by atoms with Crippen LogP contribution < -0.4 is 15.8 Å². The minimum absolute atomic E-state index is 0.0646. The molecule has 0 heterocycles. The van der Waals surface area contributed by atoms with E-state index in [-0.39, 0.29) is 11.9 Å². The van der Waals surface area contributed by atoms with Crippen molar-refractivity contribution < 1.29 is 9.53 Å². The highest BCUT2D eigenvalue weighted by Gasteiger charge is 2.28. The number of rotatable bonds is 8. The van der Waals surface area contributed by atoms with Gasteiger partial charge in [0.2, 0.25) is 5.91 Å². The van der Waals surface area contributed by atoms with Gasteiger partial charge in [-0.2, -0.15) is 0 Å². The molecular formula is C17H26N2O2. The summed E-state index contributed by atoms with van der Waals surface area (Å²) in [7, 11) is 0. The van der Waals surface area contributed by atoms with Gasteiger partial charge in [0.15, 0.2) is 0 Å². The Labute approximate surface area is 127 Å². The topological polar surface area (TPSA) is 64.3 Å². The van der Waals surface area contributed by atoms with Gasteiger partial charge in [-0.25, -0.2) is 0 Å². The summed E-state index contributed by atoms with van der Waals surface area (Å²) < 4.78 is 5.66. The van der Waals surface area contributed by atoms with E-state index in [0.29, 0.717) is 25.5 Å². The number of carbonyl (C=O) groups is 1. The molecule has 21 heavy (non-hydrogen) atoms. The van der Waals surface area contributed by atoms with Gasteiger partial charge >= 0.3 is 0 Å². The fourth-order valence-electron chi connectivity index (χ4n) is 2.24. The van der Waals surface area contributed by atoms with E-state index >= 15 is 0 Å². The number of hydrogen-bond acceptors (Lipinski definition) is 3. The van der Waals surface area contributed by atoms with Gasteiger partial charge in [0, 0.05) is 19.0 Å². The van der Waals surface area contributed by atoms with Gasteiger partial charge in [-0.15, -0.1) is 0 Å². The van der Waals surface area contributed by atoms with Crippen LogP contribution in [0.4, 0.5) is 0 Å². The van der Waals surface area contributed by atoms with Gasteiger partial charge in [-0.1, -0.05) is 6.07 Å². The molecule has 0 aromatic heterocycles. The zero-order chi connectivity index (χ0) is 15.2. The third-order valence-corrected chi connectivity index (χ3v) is 4.06. The minimum Gasteiger partial charge on any atom is -0.494 e. The van der Waals surface area contributed by atoms with Gasteiger partial charge in [0.05, 0.1) is 6.61 Å². The van der Waals surface area contributed by atoms with Crippen molar-refractivity contribution in [2.75, 3.05) is 13.2 Å². The summed E-state index contributed by atoms with van der Waals surface area (Å²) in [5, 5.41) is 2.90. The number of nitrogens with one attached hydrogen (secondary N) is 1. The van der Waals surface area contributed by atoms with Crippen molar-refractivity contribution >= 4 is 5.91 Å². The normalized spacial score (nSPS) is 15.6. The van der Waals surface area contributed by atoms with Crippen molar-refractivity contribution in [1.29, 1.82) is 0 Å². The van der Waals surface area contributed by atoms with Crippen LogP contribution in [0, 0.1) is 19.8 Å². The molecule has 4 nitrogen and oxygen atoms in total. The summed E-state index contributed by atoms with van der Waals surface area (Å²) in [5.74, 6) is 1.56. The predicted molar refractivity (Wildman–Crippen MR) is 84.4 cm³/mol. The van der Waals surface area contributed by atoms with Gasteiger partial charge < -0.3 is 15.8 Å². The first-order valence-corrected chi connectivity index (χ1v) is 7.78. The second-order valence-electron chi connectivity index (χ2n) is 6.00. The Bertz CT molecular complexity index is 484. The Morgan fingerprint density at radius 1 is 1.38 bits per heavy atom. The molecule has 1 aliphatic carbocycles. The van der Waals surface area contributed by atoms with Crippen LogP contribution in [-0.2, 0) is 4.79 Å². The monoisotopic (exact) mass is 290 g/mol. The lowest BCUT2D eigenvalue weighted by molar-refractivity contribution is -0.121. The molecule has 4 heteroatoms. The molecule has 3 N–H and O–H groups in total. The maximum absolute atomic E-state index is 11.7. The molecule has 2 rings (SSSR count). The Hall–Kier alpha value is -1.55. The third kappa shape index (κ3) is 5.38. The average molecular weight is 290 g/mol. The van der Waals surface area contributed by atoms with Crippen molar-refractivity contribution in [3.63, 3.8) is 0 Å². The average Bonchev–Trinajstić information content (AvgIpc) is 3.29. The minimum atomic E-state index is 0.0646. The zero-order valence-corrected chi connectivity index (χ0v) is 13.0. The van der Waals surface area contributed by atoms with E-state index in [1.165, 1.54) is 24.0 Å². The summed E-state index contributed by atoms with van der Waals surface area (Å²) in [4.78, 5) is 11.7. The first-order valence-electron chi connectivity index (χ1n) is 7.78. The second-order valence-corrected chi connectivity index (χ2v) is 6.00. The van der Waals surface area contributed by atoms with Crippen LogP contribution in [0.1, 0.15) is 36.8 Å². The first kappa shape index (κ1) is 15.8. The van der Waals surface area contributed by atoms with Crippen molar-refractivity contribution in [3.8, 4) is 5.75 Å². The molecule has 0 spiro atoms. The molecule has 116 valence electrons. The molecule has 0 bridgehead atoms. The molecule has 0 saturated heterocycles. The number of benzene rings is 1. The van der Waals surface area contributed by atoms with E-state index in [9.17, 15) is 4.79 Å². The SMILES string of the molecule is Cc1ccc(OCCCC(=O)NCC(N)C2CC2)cc1C. The van der Waals surface area contributed by atoms with Crippen LogP contribution in [0.5, 0.6) is 5.75 Å². The van der Waals surface area contributed by atoms with E-state index in [0.717, 1.165) is 12.2 Å². The molecule has 0 radical (unpaired) electrons. The third-order valence-electron chi connectivity index (χ3n) is 4.06. The molecule has 1 aromatic carbocycles. The second kappa shape index (κ2) is 7.46. The summed E-state index contributed by atoms with van der Waals surface area (Å²) in [5.41, 5.74) is 8.42. The van der Waals surface area contributed by atoms with Crippen LogP contribution in [0.15, 0.2) is 18.2 Å². The summed E-state index contributed by atoms with van der Waals surface area (Å²) >= 11 is 0. The first-order chi connectivity index (χ1) is 10.1. The van der Waals surface area contributed by atoms with E-state index < -0.39 is 0 Å². The van der Waals surface area contributed by atoms with Gasteiger partial charge in [-0.3, -0.25) is 4.79 Å². The van der Waals surface area contributed by atoms with Crippen LogP contribution in [-0.4, -0.2) is 25.1 Å². The highest BCUT2D eigenvalue weighted by molar-refractivity contribution is 5.75. The molecule has 1 aromatic rings. The van der Waals surface area contributed by atoms with Crippen LogP contribution >= 0.6 is 0 Å². The Kier molecular flexibility index (Phi) is 5.62. The number of nitrogens with two attached hydrogens (primary N) is 1. The summed E-state index contributed by atoms with van der Waals surface area (Å²) in [6, 6.07) is 6.18. The highest BCUT2D eigenvalue weighted by Crippen LogP contribution is 2.31. The molecule has 1 atom stereocenters. The Morgan fingerprint density at radius 3 is 2.81 bits per heavy atom. The summed E-state index contributed by atoms with van der Waals surface area (Å²) in [6.07, 6.45) is 3.63. The van der Waals surface area contributed by atoms with Crippen LogP contribution in [0.25, 0.3) is 0 Å². The number of hydrogen-bond donors (Lipinski definition) is 2. The Balaban J connectivity index is 1.58. The van der Waals surface area contributed by atoms with Gasteiger partial charge in [0.25, 0.3) is 0 Å². The molecule has 1 saturated carbocycles. The van der Waals surface area contributed by atoms with Crippen molar-refractivity contribution in [3.05, 3.63) is 29.3 Å². The number of carbonyl (C=O) groups excluding carboxylic acids is 1. The smallest absolute Gasteiger partial charge is 0.220 e. The lowest BCUT2D eigenvalue weighted by atomic mass is 10.1. The fraction of sp³-hybridized carbons (Fsp3) is 0.588. The van der Waals surface area contributed by atoms with E-state index in [1.807, 2.05) is 12.1 Å². The van der Waals surface area contributed by atoms with Gasteiger partial charge in [-0.05, 0) is 62.3 Å². The van der Waals surface area contributed by atoms with Crippen molar-refractivity contribution in [2.45, 2.75) is 45.6 Å². The molecule has 1 aliphatic rings. The largest absolute Gasteiger partial charge is 0.494 e.